The molecular weight excluding hydrogens is 558 g/mol. The first kappa shape index (κ1) is 25.2. The summed E-state index contributed by atoms with van der Waals surface area (Å²) >= 11 is 6.19. The smallest absolute Gasteiger partial charge is 0.267 e. The molecule has 0 saturated heterocycles. The number of carbonyl (C=O) groups is 1. The number of halogens is 1. The van der Waals surface area contributed by atoms with Crippen molar-refractivity contribution in [2.75, 3.05) is 11.1 Å². The van der Waals surface area contributed by atoms with E-state index in [0.717, 1.165) is 26.2 Å². The van der Waals surface area contributed by atoms with E-state index in [-0.39, 0.29) is 23.3 Å². The highest BCUT2D eigenvalue weighted by Crippen LogP contribution is 2.36. The molecule has 0 unspecified atom stereocenters. The second kappa shape index (κ2) is 10.5. The molecular formula is C27H26BrN3O3S2. The van der Waals surface area contributed by atoms with E-state index in [9.17, 15) is 9.59 Å². The molecule has 0 spiro atoms. The molecule has 1 aliphatic heterocycles. The number of amides is 1. The van der Waals surface area contributed by atoms with Crippen LogP contribution in [0.25, 0.3) is 15.9 Å². The first-order valence-corrected chi connectivity index (χ1v) is 14.3. The van der Waals surface area contributed by atoms with Crippen LogP contribution in [-0.2, 0) is 22.6 Å². The number of aryl methyl sites for hydroxylation is 1. The lowest BCUT2D eigenvalue weighted by Crippen LogP contribution is -2.28. The number of ether oxygens (including phenoxy) is 1. The van der Waals surface area contributed by atoms with Gasteiger partial charge in [0.25, 0.3) is 5.56 Å². The molecule has 1 atom stereocenters. The third-order valence-corrected chi connectivity index (χ3v) is 8.74. The van der Waals surface area contributed by atoms with E-state index in [0.29, 0.717) is 40.0 Å². The number of nitrogens with zero attached hydrogens (tertiary/aromatic N) is 2. The number of benzene rings is 2. The van der Waals surface area contributed by atoms with Crippen molar-refractivity contribution in [3.8, 4) is 5.69 Å². The van der Waals surface area contributed by atoms with Gasteiger partial charge in [0.05, 0.1) is 29.5 Å². The number of hydrogen-bond acceptors (Lipinski definition) is 6. The van der Waals surface area contributed by atoms with Crippen molar-refractivity contribution in [3.05, 3.63) is 79.4 Å². The van der Waals surface area contributed by atoms with E-state index in [1.54, 1.807) is 4.57 Å². The van der Waals surface area contributed by atoms with Gasteiger partial charge in [-0.2, -0.15) is 0 Å². The summed E-state index contributed by atoms with van der Waals surface area (Å²) in [6, 6.07) is 15.2. The van der Waals surface area contributed by atoms with Gasteiger partial charge in [0.15, 0.2) is 5.16 Å². The van der Waals surface area contributed by atoms with Gasteiger partial charge in [0, 0.05) is 21.5 Å². The summed E-state index contributed by atoms with van der Waals surface area (Å²) in [6.45, 7) is 6.78. The highest BCUT2D eigenvalue weighted by atomic mass is 79.9. The quantitative estimate of drug-likeness (QED) is 0.211. The standard InChI is InChI=1S/C27H26BrN3O3S2/c1-15(2)21-12-20-22(13-34-21)36-25-24(20)26(33)31(19-6-4-5-16(3)11-19)27(30-25)35-14-23(32)29-18-9-7-17(28)8-10-18/h4-11,15,21H,12-14H2,1-3H3,(H,29,32)/t21-/m0/s1. The van der Waals surface area contributed by atoms with Crippen LogP contribution in [0.1, 0.15) is 29.9 Å². The lowest BCUT2D eigenvalue weighted by molar-refractivity contribution is -0.113. The van der Waals surface area contributed by atoms with Gasteiger partial charge in [-0.15, -0.1) is 11.3 Å². The Morgan fingerprint density at radius 3 is 2.78 bits per heavy atom. The van der Waals surface area contributed by atoms with Gasteiger partial charge in [-0.05, 0) is 60.4 Å². The highest BCUT2D eigenvalue weighted by Gasteiger charge is 2.29. The zero-order valence-corrected chi connectivity index (χ0v) is 23.4. The molecule has 2 aromatic heterocycles. The van der Waals surface area contributed by atoms with E-state index in [1.807, 2.05) is 55.5 Å². The maximum atomic E-state index is 14.0. The molecule has 186 valence electrons. The van der Waals surface area contributed by atoms with Crippen LogP contribution in [0.5, 0.6) is 0 Å². The van der Waals surface area contributed by atoms with Crippen molar-refractivity contribution in [2.45, 2.75) is 45.1 Å². The van der Waals surface area contributed by atoms with Crippen LogP contribution in [0.15, 0.2) is 63.0 Å². The Kier molecular flexibility index (Phi) is 7.35. The van der Waals surface area contributed by atoms with Crippen molar-refractivity contribution in [2.24, 2.45) is 5.92 Å². The van der Waals surface area contributed by atoms with Crippen molar-refractivity contribution in [3.63, 3.8) is 0 Å². The molecule has 5 rings (SSSR count). The average molecular weight is 585 g/mol. The molecule has 0 aliphatic carbocycles. The second-order valence-corrected chi connectivity index (χ2v) is 12.1. The molecule has 36 heavy (non-hydrogen) atoms. The average Bonchev–Trinajstić information content (AvgIpc) is 3.22. The molecule has 1 amide bonds. The van der Waals surface area contributed by atoms with Crippen LogP contribution in [0.3, 0.4) is 0 Å². The second-order valence-electron chi connectivity index (χ2n) is 9.20. The van der Waals surface area contributed by atoms with Gasteiger partial charge < -0.3 is 10.1 Å². The molecule has 1 N–H and O–H groups in total. The Morgan fingerprint density at radius 2 is 2.06 bits per heavy atom. The van der Waals surface area contributed by atoms with Crippen LogP contribution >= 0.6 is 39.0 Å². The third kappa shape index (κ3) is 5.16. The number of anilines is 1. The number of thioether (sulfide) groups is 1. The van der Waals surface area contributed by atoms with Gasteiger partial charge in [0.2, 0.25) is 5.91 Å². The third-order valence-electron chi connectivity index (χ3n) is 6.18. The fourth-order valence-corrected chi connectivity index (χ4v) is 6.53. The molecule has 0 fully saturated rings. The molecule has 9 heteroatoms. The normalized spacial score (nSPS) is 15.3. The molecule has 1 aliphatic rings. The fourth-order valence-electron chi connectivity index (χ4n) is 4.29. The number of aromatic nitrogens is 2. The molecule has 2 aromatic carbocycles. The molecule has 0 saturated carbocycles. The summed E-state index contributed by atoms with van der Waals surface area (Å²) in [5.74, 6) is 0.328. The SMILES string of the molecule is Cc1cccc(-n2c(SCC(=O)Nc3ccc(Br)cc3)nc3sc4c(c3c2=O)C[C@@H](C(C)C)OC4)c1. The largest absolute Gasteiger partial charge is 0.372 e. The number of rotatable bonds is 6. The van der Waals surface area contributed by atoms with Crippen LogP contribution < -0.4 is 10.9 Å². The van der Waals surface area contributed by atoms with E-state index >= 15 is 0 Å². The lowest BCUT2D eigenvalue weighted by Gasteiger charge is -2.26. The van der Waals surface area contributed by atoms with Crippen molar-refractivity contribution < 1.29 is 9.53 Å². The maximum Gasteiger partial charge on any atom is 0.267 e. The minimum atomic E-state index is -0.161. The fraction of sp³-hybridized carbons (Fsp3) is 0.296. The number of thiophene rings is 1. The molecule has 0 radical (unpaired) electrons. The van der Waals surface area contributed by atoms with Gasteiger partial charge in [-0.3, -0.25) is 14.2 Å². The number of nitrogens with one attached hydrogen (secondary N) is 1. The maximum absolute atomic E-state index is 14.0. The first-order valence-electron chi connectivity index (χ1n) is 11.7. The summed E-state index contributed by atoms with van der Waals surface area (Å²) in [7, 11) is 0. The van der Waals surface area contributed by atoms with Gasteiger partial charge in [-0.25, -0.2) is 4.98 Å². The Balaban J connectivity index is 1.53. The summed E-state index contributed by atoms with van der Waals surface area (Å²) in [5, 5.41) is 4.08. The zero-order chi connectivity index (χ0) is 25.4. The number of carbonyl (C=O) groups excluding carboxylic acids is 1. The van der Waals surface area contributed by atoms with Crippen LogP contribution in [0.4, 0.5) is 5.69 Å². The minimum Gasteiger partial charge on any atom is -0.372 e. The van der Waals surface area contributed by atoms with Crippen LogP contribution in [0, 0.1) is 12.8 Å². The number of fused-ring (bicyclic) bond motifs is 3. The van der Waals surface area contributed by atoms with Crippen LogP contribution in [-0.4, -0.2) is 27.3 Å². The Hall–Kier alpha value is -2.46. The van der Waals surface area contributed by atoms with E-state index in [4.69, 9.17) is 9.72 Å². The van der Waals surface area contributed by atoms with Crippen molar-refractivity contribution >= 4 is 60.8 Å². The summed E-state index contributed by atoms with van der Waals surface area (Å²) in [5.41, 5.74) is 3.47. The molecule has 4 aromatic rings. The topological polar surface area (TPSA) is 73.2 Å². The van der Waals surface area contributed by atoms with Crippen LogP contribution in [0.2, 0.25) is 0 Å². The first-order chi connectivity index (χ1) is 17.3. The zero-order valence-electron chi connectivity index (χ0n) is 20.2. The summed E-state index contributed by atoms with van der Waals surface area (Å²) in [6.07, 6.45) is 0.790. The lowest BCUT2D eigenvalue weighted by atomic mass is 9.96. The van der Waals surface area contributed by atoms with E-state index in [2.05, 4.69) is 35.1 Å². The minimum absolute atomic E-state index is 0.0819. The molecule has 0 bridgehead atoms. The highest BCUT2D eigenvalue weighted by molar-refractivity contribution is 9.10. The predicted molar refractivity (Wildman–Crippen MR) is 151 cm³/mol. The van der Waals surface area contributed by atoms with E-state index in [1.165, 1.54) is 23.1 Å². The molecule has 3 heterocycles. The Bertz CT molecular complexity index is 1490. The number of hydrogen-bond donors (Lipinski definition) is 1. The van der Waals surface area contributed by atoms with Gasteiger partial charge >= 0.3 is 0 Å². The monoisotopic (exact) mass is 583 g/mol. The van der Waals surface area contributed by atoms with Crippen molar-refractivity contribution in [1.29, 1.82) is 0 Å². The van der Waals surface area contributed by atoms with Crippen molar-refractivity contribution in [1.82, 2.24) is 9.55 Å². The molecule has 6 nitrogen and oxygen atoms in total. The Morgan fingerprint density at radius 1 is 1.28 bits per heavy atom. The summed E-state index contributed by atoms with van der Waals surface area (Å²) < 4.78 is 8.65. The summed E-state index contributed by atoms with van der Waals surface area (Å²) in [4.78, 5) is 33.4. The van der Waals surface area contributed by atoms with E-state index < -0.39 is 0 Å². The van der Waals surface area contributed by atoms with Gasteiger partial charge in [-0.1, -0.05) is 53.7 Å². The Labute approximate surface area is 226 Å². The van der Waals surface area contributed by atoms with Gasteiger partial charge in [0.1, 0.15) is 4.83 Å². The predicted octanol–water partition coefficient (Wildman–Crippen LogP) is 6.35.